The molecule has 3 aromatic rings. The Labute approximate surface area is 151 Å². The number of pyridine rings is 1. The second kappa shape index (κ2) is 6.21. The molecule has 0 fully saturated rings. The molecule has 8 heteroatoms. The largest absolute Gasteiger partial charge is 0.350 e. The van der Waals surface area contributed by atoms with Crippen LogP contribution in [0.5, 0.6) is 0 Å². The molecule has 3 rings (SSSR count). The Morgan fingerprint density at radius 1 is 1.09 bits per heavy atom. The summed E-state index contributed by atoms with van der Waals surface area (Å²) in [6, 6.07) is 7.48. The lowest BCUT2D eigenvalue weighted by atomic mass is 10.2. The molecule has 0 radical (unpaired) electrons. The van der Waals surface area contributed by atoms with Gasteiger partial charge in [-0.1, -0.05) is 52.5 Å². The summed E-state index contributed by atoms with van der Waals surface area (Å²) >= 11 is 23.7. The maximum absolute atomic E-state index is 12.5. The van der Waals surface area contributed by atoms with Crippen LogP contribution in [0.3, 0.4) is 0 Å². The van der Waals surface area contributed by atoms with Crippen molar-refractivity contribution >= 4 is 68.9 Å². The smallest absolute Gasteiger partial charge is 0.275 e. The molecule has 2 aromatic heterocycles. The third kappa shape index (κ3) is 2.88. The number of nitrogens with one attached hydrogen (secondary N) is 1. The summed E-state index contributed by atoms with van der Waals surface area (Å²) in [6.45, 7) is 0. The molecule has 0 bridgehead atoms. The second-order valence-electron chi connectivity index (χ2n) is 4.81. The Hall–Kier alpha value is -1.46. The van der Waals surface area contributed by atoms with E-state index in [0.29, 0.717) is 5.69 Å². The number of anilines is 1. The lowest BCUT2D eigenvalue weighted by Gasteiger charge is -2.10. The number of hydrogen-bond donors (Lipinski definition) is 1. The fraction of sp³-hybridized carbons (Fsp3) is 0.0667. The Bertz CT molecular complexity index is 936. The number of carbonyl (C=O) groups is 1. The summed E-state index contributed by atoms with van der Waals surface area (Å²) in [6.07, 6.45) is 1.90. The van der Waals surface area contributed by atoms with Crippen LogP contribution < -0.4 is 5.32 Å². The van der Waals surface area contributed by atoms with E-state index in [-0.39, 0.29) is 25.9 Å². The third-order valence-corrected chi connectivity index (χ3v) is 5.05. The van der Waals surface area contributed by atoms with E-state index in [4.69, 9.17) is 46.4 Å². The number of aromatic nitrogens is 2. The maximum atomic E-state index is 12.5. The number of benzene rings is 1. The predicted octanol–water partition coefficient (Wildman–Crippen LogP) is 5.44. The van der Waals surface area contributed by atoms with Crippen molar-refractivity contribution in [3.8, 4) is 0 Å². The molecule has 0 saturated carbocycles. The van der Waals surface area contributed by atoms with Gasteiger partial charge in [-0.05, 0) is 18.2 Å². The van der Waals surface area contributed by atoms with Crippen molar-refractivity contribution in [2.24, 2.45) is 7.05 Å². The summed E-state index contributed by atoms with van der Waals surface area (Å²) in [4.78, 5) is 16.4. The first-order valence-corrected chi connectivity index (χ1v) is 7.96. The van der Waals surface area contributed by atoms with E-state index in [9.17, 15) is 4.79 Å². The molecule has 0 aliphatic heterocycles. The number of rotatable bonds is 2. The lowest BCUT2D eigenvalue weighted by Crippen LogP contribution is -2.15. The van der Waals surface area contributed by atoms with E-state index in [2.05, 4.69) is 10.3 Å². The molecule has 1 N–H and O–H groups in total. The highest BCUT2D eigenvalue weighted by atomic mass is 35.5. The van der Waals surface area contributed by atoms with E-state index in [0.717, 1.165) is 10.9 Å². The minimum absolute atomic E-state index is 0.00333. The first kappa shape index (κ1) is 16.4. The zero-order valence-corrected chi connectivity index (χ0v) is 14.7. The molecule has 1 amide bonds. The van der Waals surface area contributed by atoms with Crippen molar-refractivity contribution in [3.05, 3.63) is 56.4 Å². The quantitative estimate of drug-likeness (QED) is 0.594. The Morgan fingerprint density at radius 3 is 2.57 bits per heavy atom. The summed E-state index contributed by atoms with van der Waals surface area (Å²) in [5.74, 6) is -0.521. The fourth-order valence-electron chi connectivity index (χ4n) is 2.23. The van der Waals surface area contributed by atoms with Crippen LogP contribution in [0.25, 0.3) is 10.9 Å². The highest BCUT2D eigenvalue weighted by Crippen LogP contribution is 2.36. The molecule has 0 saturated heterocycles. The van der Waals surface area contributed by atoms with Crippen LogP contribution in [-0.2, 0) is 7.05 Å². The van der Waals surface area contributed by atoms with E-state index >= 15 is 0 Å². The van der Waals surface area contributed by atoms with Gasteiger partial charge in [-0.2, -0.15) is 0 Å². The van der Waals surface area contributed by atoms with Crippen LogP contribution >= 0.6 is 46.4 Å². The fourth-order valence-corrected chi connectivity index (χ4v) is 3.04. The minimum Gasteiger partial charge on any atom is -0.350 e. The number of nitrogens with zero attached hydrogens (tertiary/aromatic N) is 2. The summed E-state index contributed by atoms with van der Waals surface area (Å²) in [7, 11) is 1.92. The first-order chi connectivity index (χ1) is 10.9. The van der Waals surface area contributed by atoms with Crippen LogP contribution in [0.4, 0.5) is 5.69 Å². The number of halogens is 4. The van der Waals surface area contributed by atoms with Gasteiger partial charge in [0.1, 0.15) is 10.8 Å². The van der Waals surface area contributed by atoms with Crippen molar-refractivity contribution in [2.75, 3.05) is 5.32 Å². The van der Waals surface area contributed by atoms with Gasteiger partial charge in [0.2, 0.25) is 0 Å². The van der Waals surface area contributed by atoms with E-state index < -0.39 is 5.91 Å². The molecule has 0 aliphatic rings. The van der Waals surface area contributed by atoms with E-state index in [1.54, 1.807) is 6.07 Å². The standard InChI is InChI=1S/C15H9Cl4N3O/c1-22-6-5-7-8(3-2-4-9(7)22)20-15(23)13-11(17)10(16)12(18)14(19)21-13/h2-6H,1H3,(H,20,23). The molecule has 1 aromatic carbocycles. The molecule has 23 heavy (non-hydrogen) atoms. The highest BCUT2D eigenvalue weighted by Gasteiger charge is 2.21. The lowest BCUT2D eigenvalue weighted by molar-refractivity contribution is 0.102. The topological polar surface area (TPSA) is 46.9 Å². The zero-order valence-electron chi connectivity index (χ0n) is 11.7. The SMILES string of the molecule is Cn1ccc2c(NC(=O)c3nc(Cl)c(Cl)c(Cl)c3Cl)cccc21. The van der Waals surface area contributed by atoms with Crippen molar-refractivity contribution in [1.29, 1.82) is 0 Å². The third-order valence-electron chi connectivity index (χ3n) is 3.38. The number of aryl methyl sites for hydroxylation is 1. The maximum Gasteiger partial charge on any atom is 0.275 e. The van der Waals surface area contributed by atoms with Gasteiger partial charge < -0.3 is 9.88 Å². The van der Waals surface area contributed by atoms with E-state index in [1.807, 2.05) is 36.0 Å². The highest BCUT2D eigenvalue weighted by molar-refractivity contribution is 6.52. The first-order valence-electron chi connectivity index (χ1n) is 6.45. The van der Waals surface area contributed by atoms with Gasteiger partial charge in [-0.15, -0.1) is 0 Å². The Balaban J connectivity index is 2.02. The van der Waals surface area contributed by atoms with Crippen molar-refractivity contribution < 1.29 is 4.79 Å². The summed E-state index contributed by atoms with van der Waals surface area (Å²) in [5, 5.41) is 3.55. The second-order valence-corrected chi connectivity index (χ2v) is 6.30. The molecule has 4 nitrogen and oxygen atoms in total. The van der Waals surface area contributed by atoms with Gasteiger partial charge in [-0.3, -0.25) is 4.79 Å². The van der Waals surface area contributed by atoms with Crippen molar-refractivity contribution in [3.63, 3.8) is 0 Å². The molecule has 0 unspecified atom stereocenters. The summed E-state index contributed by atoms with van der Waals surface area (Å²) in [5.41, 5.74) is 1.53. The van der Waals surface area contributed by atoms with Crippen LogP contribution in [-0.4, -0.2) is 15.5 Å². The van der Waals surface area contributed by atoms with Gasteiger partial charge in [0.05, 0.1) is 20.8 Å². The molecule has 0 aliphatic carbocycles. The van der Waals surface area contributed by atoms with Crippen molar-refractivity contribution in [1.82, 2.24) is 9.55 Å². The molecule has 0 spiro atoms. The normalized spacial score (nSPS) is 11.0. The molecule has 0 atom stereocenters. The average Bonchev–Trinajstić information content (AvgIpc) is 2.91. The zero-order chi connectivity index (χ0) is 16.7. The van der Waals surface area contributed by atoms with Gasteiger partial charge in [0, 0.05) is 24.1 Å². The predicted molar refractivity (Wildman–Crippen MR) is 95.1 cm³/mol. The Kier molecular flexibility index (Phi) is 4.43. The van der Waals surface area contributed by atoms with Crippen LogP contribution in [0.15, 0.2) is 30.5 Å². The number of amides is 1. The van der Waals surface area contributed by atoms with Gasteiger partial charge in [-0.25, -0.2) is 4.98 Å². The van der Waals surface area contributed by atoms with Gasteiger partial charge in [0.25, 0.3) is 5.91 Å². The van der Waals surface area contributed by atoms with Crippen LogP contribution in [0.2, 0.25) is 20.2 Å². The number of fused-ring (bicyclic) bond motifs is 1. The van der Waals surface area contributed by atoms with Gasteiger partial charge in [0.15, 0.2) is 0 Å². The van der Waals surface area contributed by atoms with Crippen molar-refractivity contribution in [2.45, 2.75) is 0 Å². The Morgan fingerprint density at radius 2 is 1.83 bits per heavy atom. The number of hydrogen-bond acceptors (Lipinski definition) is 2. The minimum atomic E-state index is -0.521. The molecular formula is C15H9Cl4N3O. The monoisotopic (exact) mass is 387 g/mol. The van der Waals surface area contributed by atoms with Crippen LogP contribution in [0, 0.1) is 0 Å². The molecule has 118 valence electrons. The molecule has 2 heterocycles. The molecular weight excluding hydrogens is 380 g/mol. The number of carbonyl (C=O) groups excluding carboxylic acids is 1. The van der Waals surface area contributed by atoms with Crippen LogP contribution in [0.1, 0.15) is 10.5 Å². The summed E-state index contributed by atoms with van der Waals surface area (Å²) < 4.78 is 1.95. The van der Waals surface area contributed by atoms with Gasteiger partial charge >= 0.3 is 0 Å². The average molecular weight is 389 g/mol. The van der Waals surface area contributed by atoms with E-state index in [1.165, 1.54) is 0 Å².